The monoisotopic (exact) mass is 172 g/mol. The number of hydrogen-bond donors (Lipinski definition) is 2. The Bertz CT molecular complexity index is 435. The molecular formula is C11H12N2. The van der Waals surface area contributed by atoms with E-state index in [-0.39, 0.29) is 0 Å². The third kappa shape index (κ3) is 1.36. The summed E-state index contributed by atoms with van der Waals surface area (Å²) in [5, 5.41) is 2.36. The van der Waals surface area contributed by atoms with Gasteiger partial charge >= 0.3 is 0 Å². The zero-order valence-electron chi connectivity index (χ0n) is 7.33. The molecule has 0 aliphatic carbocycles. The van der Waals surface area contributed by atoms with Crippen molar-refractivity contribution in [3.63, 3.8) is 0 Å². The average molecular weight is 172 g/mol. The lowest BCUT2D eigenvalue weighted by Gasteiger charge is -2.04. The molecule has 4 N–H and O–H groups in total. The van der Waals surface area contributed by atoms with Crippen molar-refractivity contribution in [2.24, 2.45) is 5.73 Å². The van der Waals surface area contributed by atoms with Crippen molar-refractivity contribution in [2.75, 3.05) is 5.73 Å². The summed E-state index contributed by atoms with van der Waals surface area (Å²) in [6.45, 7) is 0.497. The van der Waals surface area contributed by atoms with E-state index in [1.165, 1.54) is 5.39 Å². The minimum Gasteiger partial charge on any atom is -0.398 e. The summed E-state index contributed by atoms with van der Waals surface area (Å²) in [6, 6.07) is 12.1. The van der Waals surface area contributed by atoms with Gasteiger partial charge in [-0.3, -0.25) is 0 Å². The fourth-order valence-corrected chi connectivity index (χ4v) is 1.48. The third-order valence-corrected chi connectivity index (χ3v) is 2.23. The van der Waals surface area contributed by atoms with Crippen molar-refractivity contribution >= 4 is 16.5 Å². The van der Waals surface area contributed by atoms with Crippen LogP contribution in [0, 0.1) is 0 Å². The lowest BCUT2D eigenvalue weighted by molar-refractivity contribution is 1.08. The van der Waals surface area contributed by atoms with Crippen LogP contribution in [0.2, 0.25) is 0 Å². The minimum atomic E-state index is 0.497. The molecule has 0 saturated heterocycles. The van der Waals surface area contributed by atoms with Crippen molar-refractivity contribution in [3.05, 3.63) is 42.0 Å². The summed E-state index contributed by atoms with van der Waals surface area (Å²) >= 11 is 0. The van der Waals surface area contributed by atoms with E-state index in [1.54, 1.807) is 0 Å². The van der Waals surface area contributed by atoms with Gasteiger partial charge in [-0.15, -0.1) is 0 Å². The Kier molecular flexibility index (Phi) is 1.91. The SMILES string of the molecule is NCc1cc2ccccc2cc1N. The molecule has 2 rings (SSSR count). The van der Waals surface area contributed by atoms with Gasteiger partial charge < -0.3 is 11.5 Å². The first-order valence-electron chi connectivity index (χ1n) is 4.28. The molecule has 0 fully saturated rings. The highest BCUT2D eigenvalue weighted by Crippen LogP contribution is 2.21. The predicted octanol–water partition coefficient (Wildman–Crippen LogP) is 1.88. The molecule has 2 nitrogen and oxygen atoms in total. The summed E-state index contributed by atoms with van der Waals surface area (Å²) in [4.78, 5) is 0. The molecule has 0 spiro atoms. The van der Waals surface area contributed by atoms with Crippen LogP contribution in [0.15, 0.2) is 36.4 Å². The fraction of sp³-hybridized carbons (Fsp3) is 0.0909. The van der Waals surface area contributed by atoms with E-state index in [0.717, 1.165) is 16.6 Å². The molecule has 0 aliphatic rings. The van der Waals surface area contributed by atoms with Crippen LogP contribution in [0.1, 0.15) is 5.56 Å². The third-order valence-electron chi connectivity index (χ3n) is 2.23. The molecule has 13 heavy (non-hydrogen) atoms. The Morgan fingerprint density at radius 1 is 1.00 bits per heavy atom. The maximum atomic E-state index is 5.82. The first-order chi connectivity index (χ1) is 6.31. The lowest BCUT2D eigenvalue weighted by Crippen LogP contribution is -2.01. The Morgan fingerprint density at radius 3 is 2.23 bits per heavy atom. The first kappa shape index (κ1) is 8.08. The number of fused-ring (bicyclic) bond motifs is 1. The van der Waals surface area contributed by atoms with Crippen LogP contribution in [0.3, 0.4) is 0 Å². The number of rotatable bonds is 1. The van der Waals surface area contributed by atoms with Crippen LogP contribution in [0.5, 0.6) is 0 Å². The van der Waals surface area contributed by atoms with Crippen LogP contribution in [0.4, 0.5) is 5.69 Å². The molecule has 0 unspecified atom stereocenters. The normalized spacial score (nSPS) is 10.5. The van der Waals surface area contributed by atoms with E-state index in [2.05, 4.69) is 6.07 Å². The highest BCUT2D eigenvalue weighted by molar-refractivity contribution is 5.86. The Morgan fingerprint density at radius 2 is 1.62 bits per heavy atom. The molecule has 0 amide bonds. The van der Waals surface area contributed by atoms with Gasteiger partial charge in [0.1, 0.15) is 0 Å². The number of nitrogens with two attached hydrogens (primary N) is 2. The molecule has 0 saturated carbocycles. The molecule has 0 radical (unpaired) electrons. The molecule has 0 aliphatic heterocycles. The summed E-state index contributed by atoms with van der Waals surface area (Å²) in [5.41, 5.74) is 13.2. The Labute approximate surface area is 77.2 Å². The standard InChI is InChI=1S/C11H12N2/c12-7-10-5-8-3-1-2-4-9(8)6-11(10)13/h1-6H,7,12-13H2. The largest absolute Gasteiger partial charge is 0.398 e. The van der Waals surface area contributed by atoms with Gasteiger partial charge in [0.25, 0.3) is 0 Å². The first-order valence-corrected chi connectivity index (χ1v) is 4.28. The summed E-state index contributed by atoms with van der Waals surface area (Å²) in [7, 11) is 0. The highest BCUT2D eigenvalue weighted by atomic mass is 14.6. The highest BCUT2D eigenvalue weighted by Gasteiger charge is 1.99. The molecule has 66 valence electrons. The summed E-state index contributed by atoms with van der Waals surface area (Å²) in [6.07, 6.45) is 0. The summed E-state index contributed by atoms with van der Waals surface area (Å²) < 4.78 is 0. The van der Waals surface area contributed by atoms with Crippen LogP contribution in [-0.2, 0) is 6.54 Å². The predicted molar refractivity (Wildman–Crippen MR) is 56.3 cm³/mol. The number of benzene rings is 2. The van der Waals surface area contributed by atoms with Crippen molar-refractivity contribution in [3.8, 4) is 0 Å². The van der Waals surface area contributed by atoms with Crippen LogP contribution in [0.25, 0.3) is 10.8 Å². The van der Waals surface area contributed by atoms with Gasteiger partial charge in [0.2, 0.25) is 0 Å². The van der Waals surface area contributed by atoms with Gasteiger partial charge in [-0.2, -0.15) is 0 Å². The number of anilines is 1. The second-order valence-electron chi connectivity index (χ2n) is 3.10. The van der Waals surface area contributed by atoms with E-state index < -0.39 is 0 Å². The van der Waals surface area contributed by atoms with E-state index >= 15 is 0 Å². The van der Waals surface area contributed by atoms with E-state index in [0.29, 0.717) is 6.54 Å². The van der Waals surface area contributed by atoms with Crippen molar-refractivity contribution < 1.29 is 0 Å². The maximum Gasteiger partial charge on any atom is 0.0366 e. The molecular weight excluding hydrogens is 160 g/mol. The number of nitrogen functional groups attached to an aromatic ring is 1. The van der Waals surface area contributed by atoms with Crippen molar-refractivity contribution in [1.29, 1.82) is 0 Å². The molecule has 0 atom stereocenters. The van der Waals surface area contributed by atoms with Gasteiger partial charge in [0, 0.05) is 12.2 Å². The lowest BCUT2D eigenvalue weighted by atomic mass is 10.1. The van der Waals surface area contributed by atoms with Gasteiger partial charge in [-0.05, 0) is 28.5 Å². The van der Waals surface area contributed by atoms with E-state index in [9.17, 15) is 0 Å². The maximum absolute atomic E-state index is 5.82. The van der Waals surface area contributed by atoms with Gasteiger partial charge in [-0.1, -0.05) is 24.3 Å². The Hall–Kier alpha value is -1.54. The smallest absolute Gasteiger partial charge is 0.0366 e. The second kappa shape index (κ2) is 3.07. The van der Waals surface area contributed by atoms with Crippen molar-refractivity contribution in [1.82, 2.24) is 0 Å². The average Bonchev–Trinajstić information content (AvgIpc) is 2.17. The molecule has 2 heteroatoms. The molecule has 2 aromatic carbocycles. The van der Waals surface area contributed by atoms with Crippen molar-refractivity contribution in [2.45, 2.75) is 6.54 Å². The molecule has 0 bridgehead atoms. The van der Waals surface area contributed by atoms with Crippen LogP contribution >= 0.6 is 0 Å². The molecule has 2 aromatic rings. The van der Waals surface area contributed by atoms with Gasteiger partial charge in [-0.25, -0.2) is 0 Å². The van der Waals surface area contributed by atoms with Gasteiger partial charge in [0.05, 0.1) is 0 Å². The molecule has 0 aromatic heterocycles. The zero-order chi connectivity index (χ0) is 9.26. The number of hydrogen-bond acceptors (Lipinski definition) is 2. The summed E-state index contributed by atoms with van der Waals surface area (Å²) in [5.74, 6) is 0. The van der Waals surface area contributed by atoms with Crippen LogP contribution < -0.4 is 11.5 Å². The quantitative estimate of drug-likeness (QED) is 0.645. The minimum absolute atomic E-state index is 0.497. The van der Waals surface area contributed by atoms with E-state index in [4.69, 9.17) is 11.5 Å². The van der Waals surface area contributed by atoms with E-state index in [1.807, 2.05) is 30.3 Å². The zero-order valence-corrected chi connectivity index (χ0v) is 7.33. The molecule has 0 heterocycles. The fourth-order valence-electron chi connectivity index (χ4n) is 1.48. The second-order valence-corrected chi connectivity index (χ2v) is 3.10. The van der Waals surface area contributed by atoms with Gasteiger partial charge in [0.15, 0.2) is 0 Å². The Balaban J connectivity index is 2.74. The van der Waals surface area contributed by atoms with Crippen LogP contribution in [-0.4, -0.2) is 0 Å². The topological polar surface area (TPSA) is 52.0 Å².